The van der Waals surface area contributed by atoms with E-state index in [4.69, 9.17) is 9.47 Å². The van der Waals surface area contributed by atoms with Crippen LogP contribution in [0.25, 0.3) is 0 Å². The van der Waals surface area contributed by atoms with Gasteiger partial charge in [-0.1, -0.05) is 23.8 Å². The highest BCUT2D eigenvalue weighted by Gasteiger charge is 2.73. The maximum Gasteiger partial charge on any atom is 0.396 e. The minimum absolute atomic E-state index is 0.103. The highest BCUT2D eigenvalue weighted by Crippen LogP contribution is 2.76. The Morgan fingerprint density at radius 3 is 2.66 bits per heavy atom. The highest BCUT2D eigenvalue weighted by atomic mass is 19.4. The molecule has 7 atom stereocenters. The summed E-state index contributed by atoms with van der Waals surface area (Å²) in [7, 11) is 0. The zero-order valence-electron chi connectivity index (χ0n) is 21.9. The quantitative estimate of drug-likeness (QED) is 0.306. The Labute approximate surface area is 220 Å². The summed E-state index contributed by atoms with van der Waals surface area (Å²) in [6, 6.07) is 5.32. The van der Waals surface area contributed by atoms with Gasteiger partial charge in [0.15, 0.2) is 0 Å². The van der Waals surface area contributed by atoms with Gasteiger partial charge in [0.25, 0.3) is 0 Å². The van der Waals surface area contributed by atoms with Crippen molar-refractivity contribution in [3.8, 4) is 5.75 Å². The number of rotatable bonds is 8. The molecule has 4 nitrogen and oxygen atoms in total. The first kappa shape index (κ1) is 26.1. The van der Waals surface area contributed by atoms with Crippen molar-refractivity contribution in [1.82, 2.24) is 5.32 Å². The number of benzene rings is 1. The molecule has 6 rings (SSSR count). The second-order valence-electron chi connectivity index (χ2n) is 12.4. The smallest absolute Gasteiger partial charge is 0.396 e. The standard InChI is InChI=1S/C30H35F4NO3/c1-16-8-17(4-5-25(16)37-7-6-28(2,3)36)21-10-19(24(31)13-23(21)30(32,33)34)15-38-27-12-20-9-18-11-22(18)29(20)14-26(29)35-27/h4-5,8,10,12-13,18,21-23,26-27,35-36H,6-7,9,11,14-15H2,1-3H3/t18-,21?,22+,23?,26?,27?,29?/m0/s1. The lowest BCUT2D eigenvalue weighted by molar-refractivity contribution is -0.164. The number of hydrogen-bond donors (Lipinski definition) is 2. The van der Waals surface area contributed by atoms with Crippen LogP contribution in [0, 0.1) is 30.1 Å². The Balaban J connectivity index is 1.18. The van der Waals surface area contributed by atoms with Crippen LogP contribution in [-0.2, 0) is 4.74 Å². The van der Waals surface area contributed by atoms with Crippen molar-refractivity contribution < 1.29 is 32.1 Å². The summed E-state index contributed by atoms with van der Waals surface area (Å²) < 4.78 is 68.6. The molecule has 2 N–H and O–H groups in total. The molecule has 1 aromatic carbocycles. The fourth-order valence-electron chi connectivity index (χ4n) is 6.93. The molecule has 1 aliphatic heterocycles. The van der Waals surface area contributed by atoms with E-state index in [0.717, 1.165) is 24.7 Å². The minimum atomic E-state index is -4.60. The average molecular weight is 534 g/mol. The Hall–Kier alpha value is -2.16. The van der Waals surface area contributed by atoms with Gasteiger partial charge < -0.3 is 14.6 Å². The lowest BCUT2D eigenvalue weighted by Crippen LogP contribution is -2.39. The van der Waals surface area contributed by atoms with Gasteiger partial charge in [0.2, 0.25) is 0 Å². The molecule has 0 radical (unpaired) electrons. The van der Waals surface area contributed by atoms with E-state index in [9.17, 15) is 22.7 Å². The molecule has 38 heavy (non-hydrogen) atoms. The van der Waals surface area contributed by atoms with Crippen LogP contribution < -0.4 is 10.1 Å². The molecule has 8 heteroatoms. The van der Waals surface area contributed by atoms with Crippen LogP contribution in [0.1, 0.15) is 56.6 Å². The largest absolute Gasteiger partial charge is 0.493 e. The van der Waals surface area contributed by atoms with Crippen molar-refractivity contribution >= 4 is 0 Å². The third-order valence-electron chi connectivity index (χ3n) is 9.14. The highest BCUT2D eigenvalue weighted by molar-refractivity contribution is 5.45. The van der Waals surface area contributed by atoms with Crippen molar-refractivity contribution in [2.24, 2.45) is 23.2 Å². The van der Waals surface area contributed by atoms with Crippen LogP contribution in [-0.4, -0.2) is 42.4 Å². The predicted molar refractivity (Wildman–Crippen MR) is 135 cm³/mol. The molecular formula is C30H35F4NO3. The van der Waals surface area contributed by atoms with Crippen molar-refractivity contribution in [1.29, 1.82) is 0 Å². The van der Waals surface area contributed by atoms with Gasteiger partial charge in [-0.3, -0.25) is 5.32 Å². The summed E-state index contributed by atoms with van der Waals surface area (Å²) in [5, 5.41) is 13.4. The van der Waals surface area contributed by atoms with E-state index in [0.29, 0.717) is 40.8 Å². The molecule has 0 bridgehead atoms. The summed E-state index contributed by atoms with van der Waals surface area (Å²) in [5.41, 5.74) is 2.16. The summed E-state index contributed by atoms with van der Waals surface area (Å²) in [6.07, 6.45) is 3.21. The van der Waals surface area contributed by atoms with Gasteiger partial charge in [0, 0.05) is 29.4 Å². The van der Waals surface area contributed by atoms with Crippen LogP contribution in [0.4, 0.5) is 17.6 Å². The molecule has 0 amide bonds. The van der Waals surface area contributed by atoms with E-state index >= 15 is 0 Å². The van der Waals surface area contributed by atoms with Gasteiger partial charge in [0.05, 0.1) is 24.7 Å². The minimum Gasteiger partial charge on any atom is -0.493 e. The Morgan fingerprint density at radius 1 is 1.16 bits per heavy atom. The van der Waals surface area contributed by atoms with Crippen molar-refractivity contribution in [2.45, 2.75) is 76.4 Å². The molecule has 3 fully saturated rings. The third kappa shape index (κ3) is 4.73. The molecule has 1 aromatic rings. The molecule has 206 valence electrons. The van der Waals surface area contributed by atoms with E-state index in [-0.39, 0.29) is 25.0 Å². The van der Waals surface area contributed by atoms with Gasteiger partial charge in [-0.25, -0.2) is 4.39 Å². The summed E-state index contributed by atoms with van der Waals surface area (Å²) >= 11 is 0. The number of fused-ring (bicyclic) bond motifs is 1. The van der Waals surface area contributed by atoms with Crippen LogP contribution in [0.5, 0.6) is 5.75 Å². The van der Waals surface area contributed by atoms with Crippen molar-refractivity contribution in [3.63, 3.8) is 0 Å². The Morgan fingerprint density at radius 2 is 1.95 bits per heavy atom. The number of allylic oxidation sites excluding steroid dienone is 2. The number of alkyl halides is 3. The zero-order chi connectivity index (χ0) is 27.0. The van der Waals surface area contributed by atoms with Gasteiger partial charge >= 0.3 is 6.18 Å². The first-order valence-electron chi connectivity index (χ1n) is 13.5. The molecule has 5 aliphatic rings. The Kier molecular flexibility index (Phi) is 6.13. The number of aliphatic hydroxyl groups is 1. The molecule has 1 heterocycles. The first-order valence-corrected chi connectivity index (χ1v) is 13.5. The van der Waals surface area contributed by atoms with Gasteiger partial charge in [-0.2, -0.15) is 13.2 Å². The van der Waals surface area contributed by atoms with Crippen molar-refractivity contribution in [2.75, 3.05) is 13.2 Å². The predicted octanol–water partition coefficient (Wildman–Crippen LogP) is 6.26. The number of nitrogens with one attached hydrogen (secondary N) is 1. The number of halogens is 4. The fraction of sp³-hybridized carbons (Fsp3) is 0.600. The summed E-state index contributed by atoms with van der Waals surface area (Å²) in [4.78, 5) is 0. The normalized spacial score (nSPS) is 35.4. The SMILES string of the molecule is Cc1cc(C2C=C(COC3C=C4C[C@H]5C[C@H]5C45CC5N3)C(F)=CC2C(F)(F)F)ccc1OCCC(C)(C)O. The monoisotopic (exact) mass is 533 g/mol. The first-order chi connectivity index (χ1) is 17.8. The maximum absolute atomic E-state index is 14.9. The van der Waals surface area contributed by atoms with Crippen LogP contribution in [0.3, 0.4) is 0 Å². The van der Waals surface area contributed by atoms with E-state index in [1.807, 2.05) is 0 Å². The molecular weight excluding hydrogens is 498 g/mol. The number of aryl methyl sites for hydroxylation is 1. The molecule has 0 saturated heterocycles. The second-order valence-corrected chi connectivity index (χ2v) is 12.4. The number of ether oxygens (including phenoxy) is 2. The summed E-state index contributed by atoms with van der Waals surface area (Å²) in [5.74, 6) is -1.78. The van der Waals surface area contributed by atoms with Crippen LogP contribution in [0.15, 0.2) is 53.4 Å². The third-order valence-corrected chi connectivity index (χ3v) is 9.14. The lowest BCUT2D eigenvalue weighted by Gasteiger charge is -2.31. The zero-order valence-corrected chi connectivity index (χ0v) is 21.9. The van der Waals surface area contributed by atoms with Gasteiger partial charge in [-0.05, 0) is 81.2 Å². The van der Waals surface area contributed by atoms with Crippen molar-refractivity contribution in [3.05, 3.63) is 64.5 Å². The average Bonchev–Trinajstić information content (AvgIpc) is 3.72. The molecule has 3 saturated carbocycles. The maximum atomic E-state index is 14.9. The van der Waals surface area contributed by atoms with E-state index < -0.39 is 29.4 Å². The van der Waals surface area contributed by atoms with E-state index in [1.54, 1.807) is 39.0 Å². The van der Waals surface area contributed by atoms with Gasteiger partial charge in [0.1, 0.15) is 17.8 Å². The second kappa shape index (κ2) is 8.93. The molecule has 1 spiro atoms. The lowest BCUT2D eigenvalue weighted by atomic mass is 9.79. The number of hydrogen-bond acceptors (Lipinski definition) is 4. The Bertz CT molecular complexity index is 1210. The topological polar surface area (TPSA) is 50.7 Å². The van der Waals surface area contributed by atoms with E-state index in [2.05, 4.69) is 11.4 Å². The van der Waals surface area contributed by atoms with E-state index in [1.165, 1.54) is 18.1 Å². The molecule has 4 aliphatic carbocycles. The van der Waals surface area contributed by atoms with Gasteiger partial charge in [-0.15, -0.1) is 0 Å². The molecule has 5 unspecified atom stereocenters. The fourth-order valence-corrected chi connectivity index (χ4v) is 6.93. The van der Waals surface area contributed by atoms with Crippen LogP contribution >= 0.6 is 0 Å². The van der Waals surface area contributed by atoms with Crippen LogP contribution in [0.2, 0.25) is 0 Å². The molecule has 0 aromatic heterocycles. The summed E-state index contributed by atoms with van der Waals surface area (Å²) in [6.45, 7) is 5.32.